The van der Waals surface area contributed by atoms with Gasteiger partial charge in [-0.3, -0.25) is 9.59 Å². The van der Waals surface area contributed by atoms with Crippen LogP contribution in [-0.4, -0.2) is 34.5 Å². The van der Waals surface area contributed by atoms with Gasteiger partial charge in [0, 0.05) is 6.04 Å². The van der Waals surface area contributed by atoms with Gasteiger partial charge in [-0.15, -0.1) is 0 Å². The van der Waals surface area contributed by atoms with E-state index in [1.807, 2.05) is 6.92 Å². The van der Waals surface area contributed by atoms with Gasteiger partial charge in [-0.1, -0.05) is 24.6 Å². The Morgan fingerprint density at radius 1 is 1.47 bits per heavy atom. The Kier molecular flexibility index (Phi) is 5.30. The predicted molar refractivity (Wildman–Crippen MR) is 69.8 cm³/mol. The van der Waals surface area contributed by atoms with Crippen molar-refractivity contribution in [2.45, 2.75) is 26.3 Å². The Morgan fingerprint density at radius 2 is 2.11 bits per heavy atom. The third-order valence-corrected chi connectivity index (χ3v) is 3.18. The van der Waals surface area contributed by atoms with Gasteiger partial charge in [-0.25, -0.2) is 4.39 Å². The summed E-state index contributed by atoms with van der Waals surface area (Å²) < 4.78 is 13.7. The molecule has 0 saturated heterocycles. The van der Waals surface area contributed by atoms with E-state index in [4.69, 9.17) is 16.7 Å². The van der Waals surface area contributed by atoms with Crippen molar-refractivity contribution in [1.82, 2.24) is 4.90 Å². The van der Waals surface area contributed by atoms with Crippen LogP contribution in [-0.2, 0) is 4.79 Å². The summed E-state index contributed by atoms with van der Waals surface area (Å²) in [6.45, 7) is 3.03. The molecule has 0 fully saturated rings. The van der Waals surface area contributed by atoms with Crippen molar-refractivity contribution < 1.29 is 19.1 Å². The maximum atomic E-state index is 13.7. The fourth-order valence-electron chi connectivity index (χ4n) is 1.64. The molecule has 19 heavy (non-hydrogen) atoms. The van der Waals surface area contributed by atoms with Crippen LogP contribution in [0.1, 0.15) is 30.6 Å². The van der Waals surface area contributed by atoms with E-state index in [2.05, 4.69) is 0 Å². The Labute approximate surface area is 115 Å². The average Bonchev–Trinajstić information content (AvgIpc) is 2.34. The molecule has 4 nitrogen and oxygen atoms in total. The molecule has 1 atom stereocenters. The second kappa shape index (κ2) is 6.52. The van der Waals surface area contributed by atoms with E-state index in [0.717, 1.165) is 11.0 Å². The molecule has 1 aromatic rings. The maximum absolute atomic E-state index is 13.7. The molecular formula is C13H15ClFNO3. The summed E-state index contributed by atoms with van der Waals surface area (Å²) in [4.78, 5) is 24.2. The van der Waals surface area contributed by atoms with Crippen molar-refractivity contribution in [2.75, 3.05) is 6.54 Å². The highest BCUT2D eigenvalue weighted by Crippen LogP contribution is 2.22. The average molecular weight is 288 g/mol. The number of benzene rings is 1. The van der Waals surface area contributed by atoms with E-state index >= 15 is 0 Å². The van der Waals surface area contributed by atoms with E-state index in [-0.39, 0.29) is 16.6 Å². The van der Waals surface area contributed by atoms with Crippen molar-refractivity contribution in [2.24, 2.45) is 0 Å². The first-order valence-electron chi connectivity index (χ1n) is 5.85. The summed E-state index contributed by atoms with van der Waals surface area (Å²) in [5.74, 6) is -2.61. The Bertz CT molecular complexity index is 473. The lowest BCUT2D eigenvalue weighted by molar-refractivity contribution is -0.138. The monoisotopic (exact) mass is 287 g/mol. The number of carboxylic acids is 1. The zero-order chi connectivity index (χ0) is 14.6. The van der Waals surface area contributed by atoms with E-state index < -0.39 is 24.2 Å². The largest absolute Gasteiger partial charge is 0.480 e. The standard InChI is InChI=1S/C13H15ClFNO3/c1-3-8(2)16(7-11(17)18)13(19)12-9(14)5-4-6-10(12)15/h4-6,8H,3,7H2,1-2H3,(H,17,18). The lowest BCUT2D eigenvalue weighted by Gasteiger charge is -2.27. The van der Waals surface area contributed by atoms with Crippen LogP contribution in [0.15, 0.2) is 18.2 Å². The van der Waals surface area contributed by atoms with Crippen LogP contribution in [0.4, 0.5) is 4.39 Å². The minimum Gasteiger partial charge on any atom is -0.480 e. The van der Waals surface area contributed by atoms with Gasteiger partial charge in [-0.2, -0.15) is 0 Å². The molecule has 0 saturated carbocycles. The first-order chi connectivity index (χ1) is 8.88. The lowest BCUT2D eigenvalue weighted by Crippen LogP contribution is -2.42. The molecule has 6 heteroatoms. The van der Waals surface area contributed by atoms with Crippen LogP contribution < -0.4 is 0 Å². The number of nitrogens with zero attached hydrogens (tertiary/aromatic N) is 1. The molecule has 0 radical (unpaired) electrons. The van der Waals surface area contributed by atoms with Gasteiger partial charge in [0.25, 0.3) is 5.91 Å². The molecule has 104 valence electrons. The first-order valence-corrected chi connectivity index (χ1v) is 6.23. The van der Waals surface area contributed by atoms with Crippen LogP contribution in [0.25, 0.3) is 0 Å². The molecular weight excluding hydrogens is 273 g/mol. The van der Waals surface area contributed by atoms with Gasteiger partial charge < -0.3 is 10.0 Å². The van der Waals surface area contributed by atoms with Gasteiger partial charge in [0.2, 0.25) is 0 Å². The number of hydrogen-bond donors (Lipinski definition) is 1. The SMILES string of the molecule is CCC(C)N(CC(=O)O)C(=O)c1c(F)cccc1Cl. The van der Waals surface area contributed by atoms with Gasteiger partial charge in [0.05, 0.1) is 10.6 Å². The molecule has 1 aromatic carbocycles. The van der Waals surface area contributed by atoms with Crippen molar-refractivity contribution in [3.8, 4) is 0 Å². The van der Waals surface area contributed by atoms with Crippen LogP contribution in [0.2, 0.25) is 5.02 Å². The summed E-state index contributed by atoms with van der Waals surface area (Å²) in [5.41, 5.74) is -0.286. The first kappa shape index (κ1) is 15.4. The fourth-order valence-corrected chi connectivity index (χ4v) is 1.88. The van der Waals surface area contributed by atoms with Crippen LogP contribution in [0.3, 0.4) is 0 Å². The van der Waals surface area contributed by atoms with Crippen LogP contribution in [0.5, 0.6) is 0 Å². The second-order valence-corrected chi connectivity index (χ2v) is 4.59. The summed E-state index contributed by atoms with van der Waals surface area (Å²) in [5, 5.41) is 8.82. The molecule has 0 aromatic heterocycles. The molecule has 0 bridgehead atoms. The van der Waals surface area contributed by atoms with E-state index in [1.165, 1.54) is 12.1 Å². The number of aliphatic carboxylic acids is 1. The zero-order valence-corrected chi connectivity index (χ0v) is 11.4. The summed E-state index contributed by atoms with van der Waals surface area (Å²) in [6.07, 6.45) is 0.561. The normalized spacial score (nSPS) is 12.0. The van der Waals surface area contributed by atoms with Crippen molar-refractivity contribution >= 4 is 23.5 Å². The molecule has 1 amide bonds. The van der Waals surface area contributed by atoms with Gasteiger partial charge in [-0.05, 0) is 25.5 Å². The number of carbonyl (C=O) groups is 2. The third-order valence-electron chi connectivity index (χ3n) is 2.87. The van der Waals surface area contributed by atoms with Crippen molar-refractivity contribution in [3.05, 3.63) is 34.6 Å². The molecule has 1 N–H and O–H groups in total. The van der Waals surface area contributed by atoms with Gasteiger partial charge in [0.15, 0.2) is 0 Å². The zero-order valence-electron chi connectivity index (χ0n) is 10.7. The summed E-state index contributed by atoms with van der Waals surface area (Å²) in [6, 6.07) is 3.58. The van der Waals surface area contributed by atoms with Gasteiger partial charge in [0.1, 0.15) is 12.4 Å². The fraction of sp³-hybridized carbons (Fsp3) is 0.385. The second-order valence-electron chi connectivity index (χ2n) is 4.18. The Hall–Kier alpha value is -1.62. The highest BCUT2D eigenvalue weighted by atomic mass is 35.5. The highest BCUT2D eigenvalue weighted by Gasteiger charge is 2.26. The van der Waals surface area contributed by atoms with Gasteiger partial charge >= 0.3 is 5.97 Å². The third kappa shape index (κ3) is 3.67. The molecule has 0 aliphatic carbocycles. The molecule has 0 heterocycles. The predicted octanol–water partition coefficient (Wildman–Crippen LogP) is 2.80. The molecule has 0 spiro atoms. The quantitative estimate of drug-likeness (QED) is 0.906. The van der Waals surface area contributed by atoms with Crippen molar-refractivity contribution in [1.29, 1.82) is 0 Å². The number of carboxylic acid groups (broad SMARTS) is 1. The van der Waals surface area contributed by atoms with Crippen molar-refractivity contribution in [3.63, 3.8) is 0 Å². The number of carbonyl (C=O) groups excluding carboxylic acids is 1. The Morgan fingerprint density at radius 3 is 2.58 bits per heavy atom. The number of hydrogen-bond acceptors (Lipinski definition) is 2. The minimum absolute atomic E-state index is 0.0244. The van der Waals surface area contributed by atoms with E-state index in [9.17, 15) is 14.0 Å². The molecule has 0 aliphatic heterocycles. The van der Waals surface area contributed by atoms with Crippen LogP contribution >= 0.6 is 11.6 Å². The lowest BCUT2D eigenvalue weighted by atomic mass is 10.1. The number of amides is 1. The molecule has 1 rings (SSSR count). The smallest absolute Gasteiger partial charge is 0.323 e. The molecule has 1 unspecified atom stereocenters. The minimum atomic E-state index is -1.15. The van der Waals surface area contributed by atoms with E-state index in [0.29, 0.717) is 6.42 Å². The maximum Gasteiger partial charge on any atom is 0.323 e. The number of rotatable bonds is 5. The highest BCUT2D eigenvalue weighted by molar-refractivity contribution is 6.33. The topological polar surface area (TPSA) is 57.6 Å². The van der Waals surface area contributed by atoms with Crippen LogP contribution in [0, 0.1) is 5.82 Å². The number of halogens is 2. The van der Waals surface area contributed by atoms with E-state index in [1.54, 1.807) is 6.92 Å². The summed E-state index contributed by atoms with van der Waals surface area (Å²) in [7, 11) is 0. The summed E-state index contributed by atoms with van der Waals surface area (Å²) >= 11 is 5.82. The Balaban J connectivity index is 3.15. The molecule has 0 aliphatic rings.